The van der Waals surface area contributed by atoms with Crippen LogP contribution < -0.4 is 15.5 Å². The molecule has 1 aliphatic carbocycles. The van der Waals surface area contributed by atoms with E-state index in [1.54, 1.807) is 12.1 Å². The first kappa shape index (κ1) is 17.0. The van der Waals surface area contributed by atoms with E-state index in [4.69, 9.17) is 0 Å². The summed E-state index contributed by atoms with van der Waals surface area (Å²) in [6, 6.07) is 15.2. The van der Waals surface area contributed by atoms with Gasteiger partial charge in [0.15, 0.2) is 0 Å². The van der Waals surface area contributed by atoms with Crippen molar-refractivity contribution in [2.75, 3.05) is 24.3 Å². The first-order chi connectivity index (χ1) is 12.0. The lowest BCUT2D eigenvalue weighted by molar-refractivity contribution is -0.120. The molecule has 0 spiro atoms. The van der Waals surface area contributed by atoms with E-state index in [-0.39, 0.29) is 11.8 Å². The van der Waals surface area contributed by atoms with Crippen LogP contribution in [0.1, 0.15) is 28.8 Å². The lowest BCUT2D eigenvalue weighted by Gasteiger charge is -2.12. The summed E-state index contributed by atoms with van der Waals surface area (Å²) in [7, 11) is 3.92. The van der Waals surface area contributed by atoms with Gasteiger partial charge in [-0.05, 0) is 54.8 Å². The number of benzene rings is 2. The van der Waals surface area contributed by atoms with Crippen molar-refractivity contribution in [1.82, 2.24) is 5.32 Å². The predicted octanol–water partition coefficient (Wildman–Crippen LogP) is 2.83. The van der Waals surface area contributed by atoms with Gasteiger partial charge in [0.25, 0.3) is 5.91 Å². The zero-order chi connectivity index (χ0) is 17.8. The van der Waals surface area contributed by atoms with Crippen LogP contribution in [0.25, 0.3) is 0 Å². The predicted molar refractivity (Wildman–Crippen MR) is 100 cm³/mol. The highest BCUT2D eigenvalue weighted by atomic mass is 16.2. The fourth-order valence-electron chi connectivity index (χ4n) is 2.51. The molecule has 130 valence electrons. The fraction of sp³-hybridized carbons (Fsp3) is 0.300. The molecule has 0 radical (unpaired) electrons. The Morgan fingerprint density at radius 3 is 2.20 bits per heavy atom. The van der Waals surface area contributed by atoms with Crippen LogP contribution in [0.4, 0.5) is 11.4 Å². The molecule has 3 rings (SSSR count). The number of amides is 2. The number of anilines is 2. The van der Waals surface area contributed by atoms with E-state index in [1.165, 1.54) is 0 Å². The first-order valence-corrected chi connectivity index (χ1v) is 8.48. The molecule has 0 heterocycles. The zero-order valence-electron chi connectivity index (χ0n) is 14.6. The molecule has 0 aliphatic heterocycles. The average Bonchev–Trinajstić information content (AvgIpc) is 3.40. The summed E-state index contributed by atoms with van der Waals surface area (Å²) in [5.74, 6) is -0.0928. The van der Waals surface area contributed by atoms with Gasteiger partial charge in [-0.2, -0.15) is 0 Å². The van der Waals surface area contributed by atoms with E-state index in [1.807, 2.05) is 55.4 Å². The van der Waals surface area contributed by atoms with Crippen molar-refractivity contribution in [3.63, 3.8) is 0 Å². The van der Waals surface area contributed by atoms with Crippen molar-refractivity contribution in [1.29, 1.82) is 0 Å². The molecule has 0 bridgehead atoms. The molecular weight excluding hydrogens is 314 g/mol. The molecule has 2 aromatic rings. The van der Waals surface area contributed by atoms with E-state index in [2.05, 4.69) is 10.6 Å². The normalized spacial score (nSPS) is 13.2. The van der Waals surface area contributed by atoms with Crippen molar-refractivity contribution in [2.24, 2.45) is 0 Å². The van der Waals surface area contributed by atoms with Crippen LogP contribution in [0.5, 0.6) is 0 Å². The summed E-state index contributed by atoms with van der Waals surface area (Å²) in [6.07, 6.45) is 2.55. The summed E-state index contributed by atoms with van der Waals surface area (Å²) in [6.45, 7) is 0. The SMILES string of the molecule is CN(C)c1ccc(C(=O)Nc2ccc(CC(=O)NC3CC3)cc2)cc1. The Morgan fingerprint density at radius 2 is 1.64 bits per heavy atom. The number of rotatable bonds is 6. The summed E-state index contributed by atoms with van der Waals surface area (Å²) >= 11 is 0. The molecule has 5 nitrogen and oxygen atoms in total. The van der Waals surface area contributed by atoms with Gasteiger partial charge in [-0.25, -0.2) is 0 Å². The van der Waals surface area contributed by atoms with E-state index in [0.29, 0.717) is 23.7 Å². The molecule has 1 aliphatic rings. The van der Waals surface area contributed by atoms with Gasteiger partial charge in [-0.1, -0.05) is 12.1 Å². The van der Waals surface area contributed by atoms with E-state index in [9.17, 15) is 9.59 Å². The third-order valence-electron chi connectivity index (χ3n) is 4.16. The maximum atomic E-state index is 12.3. The second-order valence-corrected chi connectivity index (χ2v) is 6.61. The third-order valence-corrected chi connectivity index (χ3v) is 4.16. The minimum absolute atomic E-state index is 0.0558. The van der Waals surface area contributed by atoms with Crippen molar-refractivity contribution in [3.8, 4) is 0 Å². The van der Waals surface area contributed by atoms with Crippen LogP contribution in [-0.2, 0) is 11.2 Å². The molecule has 2 aromatic carbocycles. The number of hydrogen-bond acceptors (Lipinski definition) is 3. The van der Waals surface area contributed by atoms with Crippen molar-refractivity contribution < 1.29 is 9.59 Å². The summed E-state index contributed by atoms with van der Waals surface area (Å²) < 4.78 is 0. The molecular formula is C20H23N3O2. The molecule has 1 fully saturated rings. The van der Waals surface area contributed by atoms with Crippen molar-refractivity contribution in [3.05, 3.63) is 59.7 Å². The van der Waals surface area contributed by atoms with Crippen LogP contribution in [0, 0.1) is 0 Å². The number of carbonyl (C=O) groups is 2. The monoisotopic (exact) mass is 337 g/mol. The molecule has 0 atom stereocenters. The average molecular weight is 337 g/mol. The van der Waals surface area contributed by atoms with Crippen molar-refractivity contribution in [2.45, 2.75) is 25.3 Å². The molecule has 2 N–H and O–H groups in total. The molecule has 1 saturated carbocycles. The van der Waals surface area contributed by atoms with Crippen LogP contribution >= 0.6 is 0 Å². The van der Waals surface area contributed by atoms with Crippen LogP contribution in [0.2, 0.25) is 0 Å². The Bertz CT molecular complexity index is 748. The number of carbonyl (C=O) groups excluding carboxylic acids is 2. The Morgan fingerprint density at radius 1 is 1.00 bits per heavy atom. The number of nitrogens with one attached hydrogen (secondary N) is 2. The Labute approximate surface area is 148 Å². The van der Waals surface area contributed by atoms with Gasteiger partial charge in [0, 0.05) is 37.1 Å². The number of hydrogen-bond donors (Lipinski definition) is 2. The lowest BCUT2D eigenvalue weighted by Crippen LogP contribution is -2.26. The topological polar surface area (TPSA) is 61.4 Å². The smallest absolute Gasteiger partial charge is 0.255 e. The molecule has 5 heteroatoms. The summed E-state index contributed by atoms with van der Waals surface area (Å²) in [5, 5.41) is 5.85. The fourth-order valence-corrected chi connectivity index (χ4v) is 2.51. The first-order valence-electron chi connectivity index (χ1n) is 8.48. The molecule has 0 aromatic heterocycles. The van der Waals surface area contributed by atoms with Gasteiger partial charge in [0.1, 0.15) is 0 Å². The van der Waals surface area contributed by atoms with E-state index in [0.717, 1.165) is 24.1 Å². The van der Waals surface area contributed by atoms with Gasteiger partial charge in [-0.15, -0.1) is 0 Å². The summed E-state index contributed by atoms with van der Waals surface area (Å²) in [4.78, 5) is 26.1. The number of nitrogens with zero attached hydrogens (tertiary/aromatic N) is 1. The Balaban J connectivity index is 1.56. The molecule has 25 heavy (non-hydrogen) atoms. The van der Waals surface area contributed by atoms with Crippen LogP contribution in [-0.4, -0.2) is 32.0 Å². The van der Waals surface area contributed by atoms with E-state index >= 15 is 0 Å². The molecule has 0 saturated heterocycles. The second-order valence-electron chi connectivity index (χ2n) is 6.61. The van der Waals surface area contributed by atoms with Gasteiger partial charge in [-0.3, -0.25) is 9.59 Å². The minimum atomic E-state index is -0.149. The summed E-state index contributed by atoms with van der Waals surface area (Å²) in [5.41, 5.74) is 3.31. The second kappa shape index (κ2) is 7.38. The highest BCUT2D eigenvalue weighted by Gasteiger charge is 2.23. The van der Waals surface area contributed by atoms with Gasteiger partial charge in [0.05, 0.1) is 6.42 Å². The van der Waals surface area contributed by atoms with Crippen molar-refractivity contribution >= 4 is 23.2 Å². The largest absolute Gasteiger partial charge is 0.378 e. The Hall–Kier alpha value is -2.82. The highest BCUT2D eigenvalue weighted by Crippen LogP contribution is 2.19. The molecule has 0 unspecified atom stereocenters. The standard InChI is InChI=1S/C20H23N3O2/c1-23(2)18-11-5-15(6-12-18)20(25)22-17-7-3-14(4-8-17)13-19(24)21-16-9-10-16/h3-8,11-12,16H,9-10,13H2,1-2H3,(H,21,24)(H,22,25). The van der Waals surface area contributed by atoms with Crippen LogP contribution in [0.15, 0.2) is 48.5 Å². The van der Waals surface area contributed by atoms with Crippen LogP contribution in [0.3, 0.4) is 0 Å². The quantitative estimate of drug-likeness (QED) is 0.852. The Kier molecular flexibility index (Phi) is 5.03. The highest BCUT2D eigenvalue weighted by molar-refractivity contribution is 6.04. The lowest BCUT2D eigenvalue weighted by atomic mass is 10.1. The maximum absolute atomic E-state index is 12.3. The zero-order valence-corrected chi connectivity index (χ0v) is 14.6. The minimum Gasteiger partial charge on any atom is -0.378 e. The van der Waals surface area contributed by atoms with E-state index < -0.39 is 0 Å². The van der Waals surface area contributed by atoms with Gasteiger partial charge >= 0.3 is 0 Å². The third kappa shape index (κ3) is 4.83. The molecule has 2 amide bonds. The van der Waals surface area contributed by atoms with Gasteiger partial charge < -0.3 is 15.5 Å². The maximum Gasteiger partial charge on any atom is 0.255 e. The van der Waals surface area contributed by atoms with Gasteiger partial charge in [0.2, 0.25) is 5.91 Å².